The van der Waals surface area contributed by atoms with Crippen molar-refractivity contribution in [3.63, 3.8) is 0 Å². The summed E-state index contributed by atoms with van der Waals surface area (Å²) in [5.41, 5.74) is -0.0392. The SMILES string of the molecule is O=C(O)c1c(C(=O)O)c(Br)c2nsnc2c1Br. The molecular formula is C8H2Br2N2O4S. The normalized spacial score (nSPS) is 10.7. The number of aromatic carboxylic acids is 2. The van der Waals surface area contributed by atoms with Crippen molar-refractivity contribution in [1.82, 2.24) is 8.75 Å². The molecule has 0 aliphatic heterocycles. The summed E-state index contributed by atoms with van der Waals surface area (Å²) < 4.78 is 8.08. The summed E-state index contributed by atoms with van der Waals surface area (Å²) in [5.74, 6) is -2.69. The van der Waals surface area contributed by atoms with E-state index in [0.717, 1.165) is 11.7 Å². The summed E-state index contributed by atoms with van der Waals surface area (Å²) in [6.07, 6.45) is 0. The third-order valence-electron chi connectivity index (χ3n) is 2.02. The van der Waals surface area contributed by atoms with Gasteiger partial charge in [0.1, 0.15) is 11.0 Å². The minimum atomic E-state index is -1.34. The van der Waals surface area contributed by atoms with Crippen LogP contribution in [-0.2, 0) is 0 Å². The second kappa shape index (κ2) is 4.31. The number of hydrogen-bond acceptors (Lipinski definition) is 5. The van der Waals surface area contributed by atoms with Gasteiger partial charge in [-0.15, -0.1) is 0 Å². The monoisotopic (exact) mass is 380 g/mol. The molecule has 6 nitrogen and oxygen atoms in total. The Labute approximate surface area is 115 Å². The number of carboxylic acids is 2. The average molecular weight is 382 g/mol. The van der Waals surface area contributed by atoms with Crippen LogP contribution in [0.2, 0.25) is 0 Å². The van der Waals surface area contributed by atoms with Crippen LogP contribution in [0, 0.1) is 0 Å². The molecule has 9 heteroatoms. The number of rotatable bonds is 2. The largest absolute Gasteiger partial charge is 0.478 e. The third kappa shape index (κ3) is 1.83. The minimum absolute atomic E-state index is 0.120. The van der Waals surface area contributed by atoms with E-state index in [9.17, 15) is 9.59 Å². The predicted octanol–water partition coefficient (Wildman–Crippen LogP) is 2.61. The molecule has 0 radical (unpaired) electrons. The predicted molar refractivity (Wildman–Crippen MR) is 66.7 cm³/mol. The number of hydrogen-bond donors (Lipinski definition) is 2. The molecule has 0 spiro atoms. The van der Waals surface area contributed by atoms with E-state index in [-0.39, 0.29) is 20.1 Å². The zero-order valence-electron chi connectivity index (χ0n) is 7.77. The molecule has 2 rings (SSSR count). The van der Waals surface area contributed by atoms with Gasteiger partial charge in [-0.2, -0.15) is 8.75 Å². The number of carboxylic acid groups (broad SMARTS) is 2. The zero-order chi connectivity index (χ0) is 12.7. The summed E-state index contributed by atoms with van der Waals surface area (Å²) in [6.45, 7) is 0. The zero-order valence-corrected chi connectivity index (χ0v) is 11.8. The lowest BCUT2D eigenvalue weighted by Crippen LogP contribution is -2.10. The number of carbonyl (C=O) groups is 2. The molecule has 0 saturated heterocycles. The lowest BCUT2D eigenvalue weighted by molar-refractivity contribution is 0.0650. The maximum Gasteiger partial charge on any atom is 0.337 e. The van der Waals surface area contributed by atoms with Gasteiger partial charge in [0.05, 0.1) is 31.8 Å². The Morgan fingerprint density at radius 1 is 0.941 bits per heavy atom. The fourth-order valence-electron chi connectivity index (χ4n) is 1.33. The molecular weight excluding hydrogens is 380 g/mol. The summed E-state index contributed by atoms with van der Waals surface area (Å²) in [4.78, 5) is 22.2. The van der Waals surface area contributed by atoms with E-state index in [4.69, 9.17) is 10.2 Å². The fourth-order valence-corrected chi connectivity index (χ4v) is 3.42. The number of halogens is 2. The molecule has 0 aliphatic carbocycles. The van der Waals surface area contributed by atoms with Crippen LogP contribution in [0.3, 0.4) is 0 Å². The third-order valence-corrected chi connectivity index (χ3v) is 4.09. The van der Waals surface area contributed by atoms with Crippen molar-refractivity contribution < 1.29 is 19.8 Å². The van der Waals surface area contributed by atoms with Gasteiger partial charge in [0, 0.05) is 0 Å². The number of aromatic nitrogens is 2. The highest BCUT2D eigenvalue weighted by Gasteiger charge is 2.27. The highest BCUT2D eigenvalue weighted by Crippen LogP contribution is 2.36. The number of nitrogens with zero attached hydrogens (tertiary/aromatic N) is 2. The molecule has 0 saturated carbocycles. The molecule has 2 N–H and O–H groups in total. The molecule has 1 aromatic carbocycles. The van der Waals surface area contributed by atoms with Crippen molar-refractivity contribution in [2.75, 3.05) is 0 Å². The van der Waals surface area contributed by atoms with Crippen LogP contribution in [0.4, 0.5) is 0 Å². The number of fused-ring (bicyclic) bond motifs is 1. The molecule has 0 atom stereocenters. The molecule has 0 amide bonds. The molecule has 88 valence electrons. The van der Waals surface area contributed by atoms with Gasteiger partial charge in [0.15, 0.2) is 0 Å². The summed E-state index contributed by atoms with van der Waals surface area (Å²) in [7, 11) is 0. The summed E-state index contributed by atoms with van der Waals surface area (Å²) in [6, 6.07) is 0. The Bertz CT molecular complexity index is 601. The highest BCUT2D eigenvalue weighted by atomic mass is 79.9. The van der Waals surface area contributed by atoms with Gasteiger partial charge in [-0.1, -0.05) is 0 Å². The lowest BCUT2D eigenvalue weighted by atomic mass is 10.1. The van der Waals surface area contributed by atoms with E-state index < -0.39 is 11.9 Å². The molecule has 1 heterocycles. The van der Waals surface area contributed by atoms with E-state index in [0.29, 0.717) is 11.0 Å². The average Bonchev–Trinajstić information content (AvgIpc) is 2.70. The topological polar surface area (TPSA) is 100 Å². The van der Waals surface area contributed by atoms with Gasteiger partial charge in [-0.05, 0) is 31.9 Å². The van der Waals surface area contributed by atoms with E-state index in [2.05, 4.69) is 40.6 Å². The first-order valence-corrected chi connectivity index (χ1v) is 6.36. The highest BCUT2D eigenvalue weighted by molar-refractivity contribution is 9.11. The Morgan fingerprint density at radius 3 is 1.59 bits per heavy atom. The van der Waals surface area contributed by atoms with E-state index in [1.807, 2.05) is 0 Å². The molecule has 0 aliphatic rings. The molecule has 1 aromatic heterocycles. The van der Waals surface area contributed by atoms with Crippen molar-refractivity contribution >= 4 is 66.6 Å². The van der Waals surface area contributed by atoms with Crippen LogP contribution in [-0.4, -0.2) is 30.9 Å². The van der Waals surface area contributed by atoms with Crippen LogP contribution < -0.4 is 0 Å². The van der Waals surface area contributed by atoms with Gasteiger partial charge >= 0.3 is 11.9 Å². The maximum atomic E-state index is 11.1. The molecule has 17 heavy (non-hydrogen) atoms. The quantitative estimate of drug-likeness (QED) is 0.829. The second-order valence-corrected chi connectivity index (χ2v) is 5.06. The standard InChI is InChI=1S/C8H2Br2N2O4S/c9-3-1(7(13)14)2(8(15)16)4(10)6-5(3)11-17-12-6/h(H,13,14)(H,15,16). The molecule has 2 aromatic rings. The first kappa shape index (κ1) is 12.4. The van der Waals surface area contributed by atoms with Crippen molar-refractivity contribution in [2.45, 2.75) is 0 Å². The van der Waals surface area contributed by atoms with Crippen molar-refractivity contribution in [3.05, 3.63) is 20.1 Å². The molecule has 0 unspecified atom stereocenters. The van der Waals surface area contributed by atoms with Gasteiger partial charge in [0.25, 0.3) is 0 Å². The smallest absolute Gasteiger partial charge is 0.337 e. The lowest BCUT2D eigenvalue weighted by Gasteiger charge is -2.07. The Morgan fingerprint density at radius 2 is 1.29 bits per heavy atom. The molecule has 0 bridgehead atoms. The van der Waals surface area contributed by atoms with Crippen molar-refractivity contribution in [2.24, 2.45) is 0 Å². The van der Waals surface area contributed by atoms with Gasteiger partial charge in [-0.3, -0.25) is 0 Å². The van der Waals surface area contributed by atoms with E-state index in [1.165, 1.54) is 0 Å². The van der Waals surface area contributed by atoms with Crippen LogP contribution in [0.25, 0.3) is 11.0 Å². The number of benzene rings is 1. The van der Waals surface area contributed by atoms with Crippen molar-refractivity contribution in [1.29, 1.82) is 0 Å². The van der Waals surface area contributed by atoms with E-state index in [1.54, 1.807) is 0 Å². The Hall–Kier alpha value is -1.06. The van der Waals surface area contributed by atoms with Crippen LogP contribution in [0.5, 0.6) is 0 Å². The summed E-state index contributed by atoms with van der Waals surface area (Å²) in [5, 5.41) is 18.1. The van der Waals surface area contributed by atoms with Gasteiger partial charge < -0.3 is 10.2 Å². The van der Waals surface area contributed by atoms with Gasteiger partial charge in [-0.25, -0.2) is 9.59 Å². The van der Waals surface area contributed by atoms with E-state index >= 15 is 0 Å². The summed E-state index contributed by atoms with van der Waals surface area (Å²) >= 11 is 6.98. The maximum absolute atomic E-state index is 11.1. The Balaban J connectivity index is 3.03. The van der Waals surface area contributed by atoms with Gasteiger partial charge in [0.2, 0.25) is 0 Å². The minimum Gasteiger partial charge on any atom is -0.478 e. The van der Waals surface area contributed by atoms with Crippen molar-refractivity contribution in [3.8, 4) is 0 Å². The second-order valence-electron chi connectivity index (χ2n) is 2.95. The molecule has 0 fully saturated rings. The Kier molecular flexibility index (Phi) is 3.15. The fraction of sp³-hybridized carbons (Fsp3) is 0. The van der Waals surface area contributed by atoms with Crippen LogP contribution in [0.15, 0.2) is 8.95 Å². The van der Waals surface area contributed by atoms with Crippen LogP contribution in [0.1, 0.15) is 20.7 Å². The first-order valence-electron chi connectivity index (χ1n) is 4.05. The first-order chi connectivity index (χ1) is 7.95. The van der Waals surface area contributed by atoms with Crippen LogP contribution >= 0.6 is 43.6 Å².